The Bertz CT molecular complexity index is 1460. The van der Waals surface area contributed by atoms with Crippen molar-refractivity contribution in [1.29, 1.82) is 0 Å². The molecule has 5 heterocycles. The van der Waals surface area contributed by atoms with Crippen molar-refractivity contribution in [3.63, 3.8) is 0 Å². The van der Waals surface area contributed by atoms with E-state index in [0.29, 0.717) is 59.4 Å². The second-order valence-electron chi connectivity index (χ2n) is 8.91. The lowest BCUT2D eigenvalue weighted by atomic mass is 10.1. The zero-order valence-electron chi connectivity index (χ0n) is 20.3. The maximum atomic E-state index is 13.6. The molecule has 182 valence electrons. The SMILES string of the molecule is CCCn1c(C)nc2cc(N3CCO[C@H](c4cnn(C)c4)C3)nc(-c3ncc(Cl)cc3C)c2c1=O. The van der Waals surface area contributed by atoms with Gasteiger partial charge in [-0.2, -0.15) is 5.10 Å². The van der Waals surface area contributed by atoms with Gasteiger partial charge in [0.1, 0.15) is 23.4 Å². The maximum Gasteiger partial charge on any atom is 0.263 e. The van der Waals surface area contributed by atoms with Crippen molar-refractivity contribution < 1.29 is 4.74 Å². The van der Waals surface area contributed by atoms with Gasteiger partial charge in [0.05, 0.1) is 34.4 Å². The van der Waals surface area contributed by atoms with Crippen LogP contribution in [0.2, 0.25) is 5.02 Å². The van der Waals surface area contributed by atoms with Crippen molar-refractivity contribution in [3.05, 3.63) is 63.1 Å². The Kier molecular flexibility index (Phi) is 6.29. The van der Waals surface area contributed by atoms with Gasteiger partial charge in [-0.15, -0.1) is 0 Å². The first kappa shape index (κ1) is 23.4. The van der Waals surface area contributed by atoms with Crippen molar-refractivity contribution in [2.24, 2.45) is 7.05 Å². The van der Waals surface area contributed by atoms with Gasteiger partial charge in [0.15, 0.2) is 0 Å². The second kappa shape index (κ2) is 9.39. The molecule has 0 amide bonds. The van der Waals surface area contributed by atoms with E-state index < -0.39 is 0 Å². The lowest BCUT2D eigenvalue weighted by Crippen LogP contribution is -2.39. The fraction of sp³-hybridized carbons (Fsp3) is 0.400. The first-order valence-corrected chi connectivity index (χ1v) is 12.1. The number of rotatable bonds is 5. The van der Waals surface area contributed by atoms with E-state index in [4.69, 9.17) is 26.3 Å². The van der Waals surface area contributed by atoms with Gasteiger partial charge in [-0.1, -0.05) is 18.5 Å². The molecule has 35 heavy (non-hydrogen) atoms. The summed E-state index contributed by atoms with van der Waals surface area (Å²) >= 11 is 6.18. The highest BCUT2D eigenvalue weighted by atomic mass is 35.5. The third-order valence-corrected chi connectivity index (χ3v) is 6.53. The van der Waals surface area contributed by atoms with Crippen LogP contribution in [-0.4, -0.2) is 49.0 Å². The molecule has 4 aromatic rings. The molecule has 10 heteroatoms. The van der Waals surface area contributed by atoms with Gasteiger partial charge in [-0.05, 0) is 31.9 Å². The third-order valence-electron chi connectivity index (χ3n) is 6.32. The van der Waals surface area contributed by atoms with Crippen molar-refractivity contribution in [2.75, 3.05) is 24.6 Å². The topological polar surface area (TPSA) is 91.0 Å². The molecule has 1 aliphatic rings. The van der Waals surface area contributed by atoms with Crippen LogP contribution >= 0.6 is 11.6 Å². The minimum atomic E-state index is -0.124. The van der Waals surface area contributed by atoms with Crippen LogP contribution in [-0.2, 0) is 18.3 Å². The molecule has 9 nitrogen and oxygen atoms in total. The zero-order chi connectivity index (χ0) is 24.7. The second-order valence-corrected chi connectivity index (χ2v) is 9.35. The Labute approximate surface area is 208 Å². The number of pyridine rings is 2. The minimum absolute atomic E-state index is 0.102. The number of hydrogen-bond donors (Lipinski definition) is 0. The molecule has 0 bridgehead atoms. The van der Waals surface area contributed by atoms with Crippen LogP contribution in [0, 0.1) is 13.8 Å². The molecular weight excluding hydrogens is 466 g/mol. The molecule has 1 aliphatic heterocycles. The van der Waals surface area contributed by atoms with E-state index in [1.54, 1.807) is 15.4 Å². The monoisotopic (exact) mass is 493 g/mol. The molecule has 0 saturated carbocycles. The molecule has 0 aliphatic carbocycles. The lowest BCUT2D eigenvalue weighted by molar-refractivity contribution is 0.0395. The number of nitrogens with zero attached hydrogens (tertiary/aromatic N) is 7. The molecule has 0 spiro atoms. The first-order chi connectivity index (χ1) is 16.9. The van der Waals surface area contributed by atoms with Crippen LogP contribution in [0.15, 0.2) is 35.5 Å². The average Bonchev–Trinajstić information content (AvgIpc) is 3.27. The van der Waals surface area contributed by atoms with Crippen molar-refractivity contribution in [3.8, 4) is 11.4 Å². The van der Waals surface area contributed by atoms with Gasteiger partial charge in [-0.3, -0.25) is 19.0 Å². The molecular formula is C25H28ClN7O2. The van der Waals surface area contributed by atoms with E-state index in [9.17, 15) is 4.79 Å². The van der Waals surface area contributed by atoms with Gasteiger partial charge in [0.25, 0.3) is 5.56 Å². The number of fused-ring (bicyclic) bond motifs is 1. The van der Waals surface area contributed by atoms with Crippen LogP contribution < -0.4 is 10.5 Å². The van der Waals surface area contributed by atoms with Gasteiger partial charge in [-0.25, -0.2) is 9.97 Å². The summed E-state index contributed by atoms with van der Waals surface area (Å²) in [6.07, 6.45) is 6.09. The molecule has 5 rings (SSSR count). The smallest absolute Gasteiger partial charge is 0.263 e. The summed E-state index contributed by atoms with van der Waals surface area (Å²) in [4.78, 5) is 30.2. The fourth-order valence-electron chi connectivity index (χ4n) is 4.61. The number of halogens is 1. The van der Waals surface area contributed by atoms with Crippen LogP contribution in [0.3, 0.4) is 0 Å². The van der Waals surface area contributed by atoms with Gasteiger partial charge in [0.2, 0.25) is 0 Å². The molecule has 0 aromatic carbocycles. The summed E-state index contributed by atoms with van der Waals surface area (Å²) in [5.41, 5.74) is 3.53. The van der Waals surface area contributed by atoms with Crippen molar-refractivity contribution in [2.45, 2.75) is 39.8 Å². The molecule has 0 N–H and O–H groups in total. The highest BCUT2D eigenvalue weighted by molar-refractivity contribution is 6.30. The fourth-order valence-corrected chi connectivity index (χ4v) is 4.82. The molecule has 1 fully saturated rings. The maximum absolute atomic E-state index is 13.6. The largest absolute Gasteiger partial charge is 0.370 e. The summed E-state index contributed by atoms with van der Waals surface area (Å²) in [6, 6.07) is 3.74. The summed E-state index contributed by atoms with van der Waals surface area (Å²) in [5.74, 6) is 1.42. The average molecular weight is 494 g/mol. The standard InChI is InChI=1S/C25H28ClN7O2/c1-5-6-33-16(3)29-19-10-21(32-7-8-35-20(14-32)17-11-28-31(4)13-17)30-24(22(19)25(33)34)23-15(2)9-18(26)12-27-23/h9-13,20H,5-8,14H2,1-4H3/t20-/m0/s1. The Hall–Kier alpha value is -3.30. The quantitative estimate of drug-likeness (QED) is 0.417. The molecule has 0 unspecified atom stereocenters. The third kappa shape index (κ3) is 4.41. The summed E-state index contributed by atoms with van der Waals surface area (Å²) in [6.45, 7) is 8.27. The van der Waals surface area contributed by atoms with Gasteiger partial charge >= 0.3 is 0 Å². The summed E-state index contributed by atoms with van der Waals surface area (Å²) < 4.78 is 9.51. The van der Waals surface area contributed by atoms with E-state index in [1.807, 2.05) is 52.3 Å². The van der Waals surface area contributed by atoms with E-state index in [-0.39, 0.29) is 11.7 Å². The molecule has 0 radical (unpaired) electrons. The normalized spacial score (nSPS) is 16.3. The first-order valence-electron chi connectivity index (χ1n) is 11.8. The Morgan fingerprint density at radius 2 is 2.00 bits per heavy atom. The summed E-state index contributed by atoms with van der Waals surface area (Å²) in [5, 5.41) is 5.29. The molecule has 1 saturated heterocycles. The highest BCUT2D eigenvalue weighted by Crippen LogP contribution is 2.32. The number of anilines is 1. The number of ether oxygens (including phenoxy) is 1. The van der Waals surface area contributed by atoms with Crippen LogP contribution in [0.4, 0.5) is 5.82 Å². The Morgan fingerprint density at radius 1 is 1.17 bits per heavy atom. The van der Waals surface area contributed by atoms with Crippen LogP contribution in [0.1, 0.15) is 36.4 Å². The molecule has 1 atom stereocenters. The van der Waals surface area contributed by atoms with Crippen molar-refractivity contribution in [1.82, 2.24) is 29.3 Å². The number of aryl methyl sites for hydroxylation is 3. The highest BCUT2D eigenvalue weighted by Gasteiger charge is 2.26. The summed E-state index contributed by atoms with van der Waals surface area (Å²) in [7, 11) is 1.89. The van der Waals surface area contributed by atoms with E-state index >= 15 is 0 Å². The predicted molar refractivity (Wildman–Crippen MR) is 136 cm³/mol. The number of aromatic nitrogens is 6. The van der Waals surface area contributed by atoms with E-state index in [1.165, 1.54) is 0 Å². The van der Waals surface area contributed by atoms with Gasteiger partial charge in [0, 0.05) is 50.7 Å². The predicted octanol–water partition coefficient (Wildman–Crippen LogP) is 3.85. The lowest BCUT2D eigenvalue weighted by Gasteiger charge is -2.33. The van der Waals surface area contributed by atoms with E-state index in [0.717, 1.165) is 23.4 Å². The van der Waals surface area contributed by atoms with Crippen LogP contribution in [0.5, 0.6) is 0 Å². The molecule has 4 aromatic heterocycles. The zero-order valence-corrected chi connectivity index (χ0v) is 21.1. The van der Waals surface area contributed by atoms with Crippen molar-refractivity contribution >= 4 is 28.3 Å². The van der Waals surface area contributed by atoms with E-state index in [2.05, 4.69) is 15.0 Å². The Morgan fingerprint density at radius 3 is 2.71 bits per heavy atom. The number of morpholine rings is 1. The Balaban J connectivity index is 1.68. The van der Waals surface area contributed by atoms with Gasteiger partial charge < -0.3 is 9.64 Å². The minimum Gasteiger partial charge on any atom is -0.370 e. The van der Waals surface area contributed by atoms with Crippen LogP contribution in [0.25, 0.3) is 22.3 Å². The number of hydrogen-bond acceptors (Lipinski definition) is 7.